The molecule has 0 fully saturated rings. The fraction of sp³-hybridized carbons (Fsp3) is 0.615. The first-order chi connectivity index (χ1) is 9.60. The zero-order chi connectivity index (χ0) is 16.3. The van der Waals surface area contributed by atoms with Crippen LogP contribution in [0.25, 0.3) is 0 Å². The van der Waals surface area contributed by atoms with Crippen LogP contribution in [0.4, 0.5) is 13.2 Å². The van der Waals surface area contributed by atoms with Gasteiger partial charge in [0.2, 0.25) is 11.5 Å². The van der Waals surface area contributed by atoms with Crippen LogP contribution in [0.5, 0.6) is 0 Å². The predicted molar refractivity (Wildman–Crippen MR) is 67.3 cm³/mol. The van der Waals surface area contributed by atoms with Crippen LogP contribution in [0, 0.1) is 6.92 Å². The van der Waals surface area contributed by atoms with Crippen molar-refractivity contribution in [2.45, 2.75) is 44.5 Å². The van der Waals surface area contributed by atoms with Crippen LogP contribution in [0.3, 0.4) is 0 Å². The minimum Gasteiger partial charge on any atom is -0.463 e. The molecule has 0 radical (unpaired) electrons. The third kappa shape index (κ3) is 4.21. The van der Waals surface area contributed by atoms with Crippen molar-refractivity contribution < 1.29 is 32.6 Å². The molecule has 2 atom stereocenters. The Morgan fingerprint density at radius 2 is 2.05 bits per heavy atom. The Kier molecular flexibility index (Phi) is 5.41. The van der Waals surface area contributed by atoms with Crippen molar-refractivity contribution in [1.29, 1.82) is 0 Å². The van der Waals surface area contributed by atoms with Crippen LogP contribution in [-0.4, -0.2) is 34.9 Å². The van der Waals surface area contributed by atoms with Gasteiger partial charge >= 0.3 is 6.18 Å². The molecule has 8 heteroatoms. The number of hydrogen-bond acceptors (Lipinski definition) is 4. The molecule has 0 aliphatic carbocycles. The minimum absolute atomic E-state index is 0.196. The molecule has 21 heavy (non-hydrogen) atoms. The molecule has 0 saturated heterocycles. The van der Waals surface area contributed by atoms with E-state index in [0.717, 1.165) is 6.07 Å². The number of aliphatic hydroxyl groups excluding tert-OH is 1. The number of carbonyl (C=O) groups is 1. The fourth-order valence-corrected chi connectivity index (χ4v) is 1.81. The predicted octanol–water partition coefficient (Wildman–Crippen LogP) is 1.62. The van der Waals surface area contributed by atoms with Crippen molar-refractivity contribution in [3.05, 3.63) is 23.7 Å². The molecule has 0 aliphatic heterocycles. The summed E-state index contributed by atoms with van der Waals surface area (Å²) >= 11 is 0. The van der Waals surface area contributed by atoms with E-state index in [1.54, 1.807) is 0 Å². The summed E-state index contributed by atoms with van der Waals surface area (Å²) in [6.45, 7) is 2.77. The number of furan rings is 1. The molecule has 0 aliphatic rings. The fourth-order valence-electron chi connectivity index (χ4n) is 1.81. The van der Waals surface area contributed by atoms with Crippen LogP contribution in [0.2, 0.25) is 0 Å². The van der Waals surface area contributed by atoms with Gasteiger partial charge in [0.05, 0.1) is 6.42 Å². The summed E-state index contributed by atoms with van der Waals surface area (Å²) in [6.07, 6.45) is -6.07. The average molecular weight is 309 g/mol. The normalized spacial score (nSPS) is 16.3. The second kappa shape index (κ2) is 6.48. The molecular weight excluding hydrogens is 291 g/mol. The van der Waals surface area contributed by atoms with Gasteiger partial charge in [-0.2, -0.15) is 13.2 Å². The van der Waals surface area contributed by atoms with Crippen molar-refractivity contribution in [3.63, 3.8) is 0 Å². The van der Waals surface area contributed by atoms with Crippen molar-refractivity contribution in [2.24, 2.45) is 0 Å². The lowest BCUT2D eigenvalue weighted by molar-refractivity contribution is -0.273. The highest BCUT2D eigenvalue weighted by molar-refractivity contribution is 5.77. The lowest BCUT2D eigenvalue weighted by Crippen LogP contribution is -2.47. The number of alkyl halides is 3. The number of hydrogen-bond donors (Lipinski definition) is 3. The van der Waals surface area contributed by atoms with E-state index in [9.17, 15) is 23.1 Å². The Hall–Kier alpha value is -1.54. The maximum atomic E-state index is 13.1. The SMILES string of the molecule is Cc1ccc(C(O)(CC(=O)NC(C)CCO)C(F)(F)F)o1. The molecule has 120 valence electrons. The van der Waals surface area contributed by atoms with E-state index in [1.165, 1.54) is 19.9 Å². The number of rotatable bonds is 6. The van der Waals surface area contributed by atoms with Gasteiger partial charge in [0.25, 0.3) is 0 Å². The monoisotopic (exact) mass is 309 g/mol. The van der Waals surface area contributed by atoms with Crippen LogP contribution in [0.15, 0.2) is 16.5 Å². The molecule has 1 aromatic heterocycles. The maximum Gasteiger partial charge on any atom is 0.425 e. The Bertz CT molecular complexity index is 486. The number of nitrogens with one attached hydrogen (secondary N) is 1. The average Bonchev–Trinajstić information content (AvgIpc) is 2.74. The zero-order valence-corrected chi connectivity index (χ0v) is 11.7. The van der Waals surface area contributed by atoms with E-state index >= 15 is 0 Å². The van der Waals surface area contributed by atoms with Crippen LogP contribution in [0.1, 0.15) is 31.3 Å². The Morgan fingerprint density at radius 1 is 1.43 bits per heavy atom. The minimum atomic E-state index is -5.06. The van der Waals surface area contributed by atoms with Crippen molar-refractivity contribution >= 4 is 5.91 Å². The zero-order valence-electron chi connectivity index (χ0n) is 11.7. The molecule has 0 spiro atoms. The molecule has 5 nitrogen and oxygen atoms in total. The lowest BCUT2D eigenvalue weighted by Gasteiger charge is -2.28. The molecule has 3 N–H and O–H groups in total. The van der Waals surface area contributed by atoms with Gasteiger partial charge in [-0.15, -0.1) is 0 Å². The van der Waals surface area contributed by atoms with E-state index < -0.39 is 35.9 Å². The largest absolute Gasteiger partial charge is 0.463 e. The summed E-state index contributed by atoms with van der Waals surface area (Å²) in [6, 6.07) is 1.77. The van der Waals surface area contributed by atoms with E-state index in [4.69, 9.17) is 9.52 Å². The molecule has 0 saturated carbocycles. The van der Waals surface area contributed by atoms with Gasteiger partial charge in [0, 0.05) is 12.6 Å². The van der Waals surface area contributed by atoms with Gasteiger partial charge in [-0.1, -0.05) is 0 Å². The quantitative estimate of drug-likeness (QED) is 0.745. The summed E-state index contributed by atoms with van der Waals surface area (Å²) in [4.78, 5) is 11.7. The van der Waals surface area contributed by atoms with E-state index in [1.807, 2.05) is 0 Å². The molecule has 1 heterocycles. The van der Waals surface area contributed by atoms with Gasteiger partial charge < -0.3 is 19.9 Å². The number of aliphatic hydroxyl groups is 2. The summed E-state index contributed by atoms with van der Waals surface area (Å²) < 4.78 is 44.2. The van der Waals surface area contributed by atoms with Crippen molar-refractivity contribution in [3.8, 4) is 0 Å². The Balaban J connectivity index is 2.93. The lowest BCUT2D eigenvalue weighted by atomic mass is 9.95. The second-order valence-electron chi connectivity index (χ2n) is 4.93. The third-order valence-corrected chi connectivity index (χ3v) is 3.00. The Labute approximate surface area is 119 Å². The van der Waals surface area contributed by atoms with Crippen LogP contribution in [-0.2, 0) is 10.4 Å². The summed E-state index contributed by atoms with van der Waals surface area (Å²) in [5.41, 5.74) is -3.38. The standard InChI is InChI=1S/C13H18F3NO4/c1-8(5-6-18)17-11(19)7-12(20,13(14,15)16)10-4-3-9(2)21-10/h3-4,8,18,20H,5-7H2,1-2H3,(H,17,19). The highest BCUT2D eigenvalue weighted by Gasteiger charge is 2.58. The molecule has 0 aromatic carbocycles. The molecule has 1 amide bonds. The van der Waals surface area contributed by atoms with Crippen LogP contribution >= 0.6 is 0 Å². The first-order valence-electron chi connectivity index (χ1n) is 6.36. The summed E-state index contributed by atoms with van der Waals surface area (Å²) in [5, 5.41) is 20.9. The number of carbonyl (C=O) groups excluding carboxylic acids is 1. The van der Waals surface area contributed by atoms with E-state index in [-0.39, 0.29) is 18.8 Å². The third-order valence-electron chi connectivity index (χ3n) is 3.00. The van der Waals surface area contributed by atoms with Crippen molar-refractivity contribution in [2.75, 3.05) is 6.61 Å². The highest BCUT2D eigenvalue weighted by atomic mass is 19.4. The van der Waals surface area contributed by atoms with Gasteiger partial charge in [0.1, 0.15) is 11.5 Å². The first kappa shape index (κ1) is 17.5. The van der Waals surface area contributed by atoms with Crippen molar-refractivity contribution in [1.82, 2.24) is 5.32 Å². The van der Waals surface area contributed by atoms with Gasteiger partial charge in [-0.25, -0.2) is 0 Å². The second-order valence-corrected chi connectivity index (χ2v) is 4.93. The summed E-state index contributed by atoms with van der Waals surface area (Å²) in [5.74, 6) is -1.51. The smallest absolute Gasteiger partial charge is 0.425 e. The molecular formula is C13H18F3NO4. The first-order valence-corrected chi connectivity index (χ1v) is 6.36. The number of halogens is 3. The van der Waals surface area contributed by atoms with Crippen LogP contribution < -0.4 is 5.32 Å². The maximum absolute atomic E-state index is 13.1. The summed E-state index contributed by atoms with van der Waals surface area (Å²) in [7, 11) is 0. The van der Waals surface area contributed by atoms with E-state index in [2.05, 4.69) is 5.32 Å². The van der Waals surface area contributed by atoms with Gasteiger partial charge in [-0.05, 0) is 32.4 Å². The molecule has 1 rings (SSSR count). The topological polar surface area (TPSA) is 82.7 Å². The van der Waals surface area contributed by atoms with Gasteiger partial charge in [-0.3, -0.25) is 4.79 Å². The van der Waals surface area contributed by atoms with E-state index in [0.29, 0.717) is 0 Å². The molecule has 2 unspecified atom stereocenters. The highest BCUT2D eigenvalue weighted by Crippen LogP contribution is 2.42. The molecule has 0 bridgehead atoms. The Morgan fingerprint density at radius 3 is 2.48 bits per heavy atom. The number of amides is 1. The molecule has 1 aromatic rings. The number of aryl methyl sites for hydroxylation is 1. The van der Waals surface area contributed by atoms with Gasteiger partial charge in [0.15, 0.2) is 0 Å².